The molecule has 0 aromatic rings. The van der Waals surface area contributed by atoms with Gasteiger partial charge >= 0.3 is 0 Å². The fourth-order valence-electron chi connectivity index (χ4n) is 1.44. The van der Waals surface area contributed by atoms with E-state index in [4.69, 9.17) is 0 Å². The van der Waals surface area contributed by atoms with Crippen molar-refractivity contribution in [2.24, 2.45) is 0 Å². The van der Waals surface area contributed by atoms with Gasteiger partial charge in [0.15, 0.2) is 0 Å². The number of hydrogen-bond acceptors (Lipinski definition) is 2. The molecule has 0 radical (unpaired) electrons. The van der Waals surface area contributed by atoms with Crippen LogP contribution >= 0.6 is 12.6 Å². The Morgan fingerprint density at radius 1 is 1.08 bits per heavy atom. The first kappa shape index (κ1) is 13.3. The van der Waals surface area contributed by atoms with E-state index in [9.17, 15) is 0 Å². The van der Waals surface area contributed by atoms with Crippen molar-refractivity contribution >= 4 is 12.6 Å². The third-order valence-electron chi connectivity index (χ3n) is 2.35. The molecule has 0 aromatic carbocycles. The van der Waals surface area contributed by atoms with Crippen molar-refractivity contribution in [3.05, 3.63) is 0 Å². The van der Waals surface area contributed by atoms with Crippen LogP contribution < -0.4 is 5.32 Å². The molecule has 2 heteroatoms. The van der Waals surface area contributed by atoms with Crippen molar-refractivity contribution in [1.82, 2.24) is 5.32 Å². The van der Waals surface area contributed by atoms with Crippen molar-refractivity contribution < 1.29 is 0 Å². The number of hydrogen-bond donors (Lipinski definition) is 2. The second-order valence-electron chi connectivity index (χ2n) is 3.66. The molecule has 0 fully saturated rings. The van der Waals surface area contributed by atoms with Gasteiger partial charge in [0.2, 0.25) is 0 Å². The molecule has 1 atom stereocenters. The number of rotatable bonds is 9. The molecule has 1 unspecified atom stereocenters. The minimum absolute atomic E-state index is 0.712. The second kappa shape index (κ2) is 10.4. The molecule has 0 aliphatic carbocycles. The van der Waals surface area contributed by atoms with E-state index in [2.05, 4.69) is 31.8 Å². The third kappa shape index (κ3) is 8.63. The number of unbranched alkanes of at least 4 members (excludes halogenated alkanes) is 2. The summed E-state index contributed by atoms with van der Waals surface area (Å²) in [6.07, 6.45) is 7.77. The molecule has 0 bridgehead atoms. The first-order chi connectivity index (χ1) is 6.35. The van der Waals surface area contributed by atoms with Crippen LogP contribution in [0.25, 0.3) is 0 Å². The summed E-state index contributed by atoms with van der Waals surface area (Å²) in [5.41, 5.74) is 0. The lowest BCUT2D eigenvalue weighted by atomic mass is 10.1. The van der Waals surface area contributed by atoms with Gasteiger partial charge in [0.05, 0.1) is 0 Å². The Morgan fingerprint density at radius 3 is 2.31 bits per heavy atom. The lowest BCUT2D eigenvalue weighted by Gasteiger charge is -2.17. The molecule has 0 rings (SSSR count). The molecular weight excluding hydrogens is 178 g/mol. The maximum absolute atomic E-state index is 4.29. The van der Waals surface area contributed by atoms with Crippen LogP contribution in [0.3, 0.4) is 0 Å². The molecule has 0 amide bonds. The largest absolute Gasteiger partial charge is 0.314 e. The van der Waals surface area contributed by atoms with Crippen molar-refractivity contribution in [3.8, 4) is 0 Å². The highest BCUT2D eigenvalue weighted by molar-refractivity contribution is 7.80. The summed E-state index contributed by atoms with van der Waals surface area (Å²) in [7, 11) is 0. The summed E-state index contributed by atoms with van der Waals surface area (Å²) in [6, 6.07) is 0.712. The van der Waals surface area contributed by atoms with Crippen LogP contribution in [0.15, 0.2) is 0 Å². The van der Waals surface area contributed by atoms with Crippen LogP contribution in [0.2, 0.25) is 0 Å². The number of nitrogens with one attached hydrogen (secondary N) is 1. The van der Waals surface area contributed by atoms with E-state index in [1.165, 1.54) is 45.1 Å². The maximum Gasteiger partial charge on any atom is 0.00748 e. The van der Waals surface area contributed by atoms with Crippen LogP contribution in [0.1, 0.15) is 52.4 Å². The SMILES string of the molecule is CCCCNC(CCS)CCCC. The van der Waals surface area contributed by atoms with Gasteiger partial charge in [0.25, 0.3) is 0 Å². The molecule has 0 aliphatic heterocycles. The Bertz CT molecular complexity index is 96.1. The molecule has 0 aliphatic rings. The molecule has 13 heavy (non-hydrogen) atoms. The summed E-state index contributed by atoms with van der Waals surface area (Å²) in [5, 5.41) is 3.61. The van der Waals surface area contributed by atoms with Crippen LogP contribution in [0.5, 0.6) is 0 Å². The highest BCUT2D eigenvalue weighted by Gasteiger charge is 2.04. The molecule has 1 N–H and O–H groups in total. The topological polar surface area (TPSA) is 12.0 Å². The lowest BCUT2D eigenvalue weighted by molar-refractivity contribution is 0.450. The molecule has 0 heterocycles. The average molecular weight is 203 g/mol. The Morgan fingerprint density at radius 2 is 1.77 bits per heavy atom. The van der Waals surface area contributed by atoms with E-state index >= 15 is 0 Å². The Labute approximate surface area is 89.1 Å². The van der Waals surface area contributed by atoms with Gasteiger partial charge in [-0.2, -0.15) is 12.6 Å². The lowest BCUT2D eigenvalue weighted by Crippen LogP contribution is -2.30. The van der Waals surface area contributed by atoms with Gasteiger partial charge in [0, 0.05) is 6.04 Å². The van der Waals surface area contributed by atoms with Gasteiger partial charge < -0.3 is 5.32 Å². The fraction of sp³-hybridized carbons (Fsp3) is 1.00. The molecule has 0 saturated carbocycles. The highest BCUT2D eigenvalue weighted by atomic mass is 32.1. The van der Waals surface area contributed by atoms with Crippen LogP contribution in [0, 0.1) is 0 Å². The number of thiol groups is 1. The van der Waals surface area contributed by atoms with Crippen LogP contribution in [-0.2, 0) is 0 Å². The minimum Gasteiger partial charge on any atom is -0.314 e. The smallest absolute Gasteiger partial charge is 0.00748 e. The van der Waals surface area contributed by atoms with Gasteiger partial charge in [-0.3, -0.25) is 0 Å². The Balaban J connectivity index is 3.41. The normalized spacial score (nSPS) is 13.2. The monoisotopic (exact) mass is 203 g/mol. The summed E-state index contributed by atoms with van der Waals surface area (Å²) in [4.78, 5) is 0. The van der Waals surface area contributed by atoms with E-state index in [1.54, 1.807) is 0 Å². The molecule has 80 valence electrons. The van der Waals surface area contributed by atoms with Gasteiger partial charge in [-0.15, -0.1) is 0 Å². The van der Waals surface area contributed by atoms with Crippen molar-refractivity contribution in [3.63, 3.8) is 0 Å². The van der Waals surface area contributed by atoms with Crippen molar-refractivity contribution in [1.29, 1.82) is 0 Å². The van der Waals surface area contributed by atoms with E-state index < -0.39 is 0 Å². The fourth-order valence-corrected chi connectivity index (χ4v) is 1.75. The van der Waals surface area contributed by atoms with E-state index in [0.29, 0.717) is 6.04 Å². The summed E-state index contributed by atoms with van der Waals surface area (Å²) < 4.78 is 0. The van der Waals surface area contributed by atoms with E-state index in [1.807, 2.05) is 0 Å². The third-order valence-corrected chi connectivity index (χ3v) is 2.61. The Kier molecular flexibility index (Phi) is 10.6. The first-order valence-corrected chi connectivity index (χ1v) is 6.32. The summed E-state index contributed by atoms with van der Waals surface area (Å²) in [6.45, 7) is 5.67. The zero-order valence-corrected chi connectivity index (χ0v) is 10.1. The summed E-state index contributed by atoms with van der Waals surface area (Å²) >= 11 is 4.29. The Hall–Kier alpha value is 0.310. The quantitative estimate of drug-likeness (QED) is 0.433. The van der Waals surface area contributed by atoms with E-state index in [-0.39, 0.29) is 0 Å². The van der Waals surface area contributed by atoms with E-state index in [0.717, 1.165) is 5.75 Å². The van der Waals surface area contributed by atoms with Crippen molar-refractivity contribution in [2.75, 3.05) is 12.3 Å². The zero-order valence-electron chi connectivity index (χ0n) is 9.18. The van der Waals surface area contributed by atoms with Gasteiger partial charge in [-0.1, -0.05) is 33.1 Å². The first-order valence-electron chi connectivity index (χ1n) is 5.69. The zero-order chi connectivity index (χ0) is 9.94. The minimum atomic E-state index is 0.712. The average Bonchev–Trinajstić information content (AvgIpc) is 2.14. The molecular formula is C11H25NS. The molecule has 0 spiro atoms. The second-order valence-corrected chi connectivity index (χ2v) is 4.11. The molecule has 1 nitrogen and oxygen atoms in total. The van der Waals surface area contributed by atoms with Crippen molar-refractivity contribution in [2.45, 2.75) is 58.4 Å². The predicted octanol–water partition coefficient (Wildman–Crippen LogP) is 3.25. The highest BCUT2D eigenvalue weighted by Crippen LogP contribution is 2.05. The molecule has 0 aromatic heterocycles. The van der Waals surface area contributed by atoms with Crippen LogP contribution in [-0.4, -0.2) is 18.3 Å². The van der Waals surface area contributed by atoms with Crippen LogP contribution in [0.4, 0.5) is 0 Å². The standard InChI is InChI=1S/C11H25NS/c1-3-5-7-11(8-10-13)12-9-6-4-2/h11-13H,3-10H2,1-2H3. The van der Waals surface area contributed by atoms with Gasteiger partial charge in [-0.25, -0.2) is 0 Å². The predicted molar refractivity (Wildman–Crippen MR) is 64.7 cm³/mol. The van der Waals surface area contributed by atoms with Gasteiger partial charge in [-0.05, 0) is 31.6 Å². The molecule has 0 saturated heterocycles. The van der Waals surface area contributed by atoms with Gasteiger partial charge in [0.1, 0.15) is 0 Å². The summed E-state index contributed by atoms with van der Waals surface area (Å²) in [5.74, 6) is 1.01. The maximum atomic E-state index is 4.29.